The monoisotopic (exact) mass is 494 g/mol. The van der Waals surface area contributed by atoms with E-state index in [0.717, 1.165) is 32.1 Å². The van der Waals surface area contributed by atoms with Gasteiger partial charge in [0, 0.05) is 0 Å². The molecular weight excluding hydrogens is 444 g/mol. The second kappa shape index (κ2) is 9.89. The lowest BCUT2D eigenvalue weighted by atomic mass is 9.48. The lowest BCUT2D eigenvalue weighted by molar-refractivity contribution is -0.162. The minimum Gasteiger partial charge on any atom is -0.465 e. The van der Waals surface area contributed by atoms with Gasteiger partial charge in [-0.3, -0.25) is 4.79 Å². The third-order valence-electron chi connectivity index (χ3n) is 11.7. The number of carbonyl (C=O) groups excluding carboxylic acids is 1. The molecule has 4 fully saturated rings. The number of ether oxygens (including phenoxy) is 1. The first kappa shape index (κ1) is 27.3. The molecule has 1 saturated heterocycles. The van der Waals surface area contributed by atoms with Crippen LogP contribution in [-0.4, -0.2) is 57.4 Å². The second-order valence-electron chi connectivity index (χ2n) is 13.5. The Labute approximate surface area is 211 Å². The zero-order valence-electron chi connectivity index (χ0n) is 22.7. The van der Waals surface area contributed by atoms with Crippen molar-refractivity contribution in [3.8, 4) is 0 Å². The van der Waals surface area contributed by atoms with Crippen LogP contribution in [0.1, 0.15) is 86.5 Å². The zero-order chi connectivity index (χ0) is 25.9. The minimum atomic E-state index is -0.867. The maximum Gasteiger partial charge on any atom is 0.309 e. The van der Waals surface area contributed by atoms with Crippen LogP contribution in [0.25, 0.3) is 0 Å². The van der Waals surface area contributed by atoms with E-state index in [1.165, 1.54) is 0 Å². The van der Waals surface area contributed by atoms with Crippen molar-refractivity contribution >= 4 is 5.97 Å². The highest BCUT2D eigenvalue weighted by molar-refractivity contribution is 5.74. The Hall–Kier alpha value is -0.690. The third kappa shape index (κ3) is 4.38. The first-order chi connectivity index (χ1) is 16.4. The van der Waals surface area contributed by atoms with E-state index in [1.807, 2.05) is 0 Å². The van der Waals surface area contributed by atoms with Gasteiger partial charge in [0.2, 0.25) is 0 Å². The summed E-state index contributed by atoms with van der Waals surface area (Å²) in [5.41, 5.74) is -0.348. The van der Waals surface area contributed by atoms with Crippen molar-refractivity contribution < 1.29 is 30.0 Å². The molecule has 3 aliphatic carbocycles. The first-order valence-corrected chi connectivity index (χ1v) is 14.3. The van der Waals surface area contributed by atoms with Crippen LogP contribution in [0.2, 0.25) is 0 Å². The Morgan fingerprint density at radius 1 is 0.971 bits per heavy atom. The number of aliphatic hydroxyl groups is 4. The Morgan fingerprint density at radius 3 is 2.26 bits per heavy atom. The summed E-state index contributed by atoms with van der Waals surface area (Å²) in [5.74, 6) is 1.01. The smallest absolute Gasteiger partial charge is 0.309 e. The molecule has 0 radical (unpaired) electrons. The van der Waals surface area contributed by atoms with Crippen molar-refractivity contribution in [2.75, 3.05) is 6.61 Å². The number of carbonyl (C=O) groups is 1. The third-order valence-corrected chi connectivity index (χ3v) is 11.7. The summed E-state index contributed by atoms with van der Waals surface area (Å²) in [4.78, 5) is 13.0. The summed E-state index contributed by atoms with van der Waals surface area (Å²) in [6.07, 6.45) is 2.49. The average Bonchev–Trinajstić information content (AvgIpc) is 3.11. The summed E-state index contributed by atoms with van der Waals surface area (Å²) < 4.78 is 5.88. The standard InChI is InChI=1S/C29H50O6/c1-7-17(15(2)3)26(33)25(32)16(4)19-8-9-20-18-14-35-27(34)22-12-23(30)24(31)13-29(22,6)21(18)10-11-28(19,20)5/h15-26,30-33H,7-14H2,1-6H3/t16-,17-,18-,19+,20-,21-,22+,23-,24+,25?,26?,28+,29+/m0/s1. The molecule has 2 unspecified atom stereocenters. The molecule has 35 heavy (non-hydrogen) atoms. The average molecular weight is 495 g/mol. The van der Waals surface area contributed by atoms with Crippen LogP contribution < -0.4 is 0 Å². The zero-order valence-corrected chi connectivity index (χ0v) is 22.7. The van der Waals surface area contributed by atoms with Crippen LogP contribution in [0.4, 0.5) is 0 Å². The Balaban J connectivity index is 1.57. The lowest BCUT2D eigenvalue weighted by Gasteiger charge is -2.56. The molecule has 0 bridgehead atoms. The van der Waals surface area contributed by atoms with Crippen LogP contribution in [0, 0.1) is 58.2 Å². The maximum atomic E-state index is 13.0. The Bertz CT molecular complexity index is 770. The van der Waals surface area contributed by atoms with Crippen LogP contribution in [0.5, 0.6) is 0 Å². The van der Waals surface area contributed by atoms with E-state index in [0.29, 0.717) is 30.8 Å². The number of hydrogen-bond acceptors (Lipinski definition) is 6. The quantitative estimate of drug-likeness (QED) is 0.419. The highest BCUT2D eigenvalue weighted by atomic mass is 16.5. The number of aliphatic hydroxyl groups excluding tert-OH is 4. The molecule has 6 heteroatoms. The number of cyclic esters (lactones) is 1. The summed E-state index contributed by atoms with van der Waals surface area (Å²) in [6, 6.07) is 0. The SMILES string of the molecule is CC[C@@H](C(C)C)C(O)C(O)[C@@H](C)[C@H]1CC[C@H]2[C@@H]3COC(=O)[C@H]4C[C@H](O)[C@H](O)C[C@]4(C)[C@H]3CC[C@]12C. The van der Waals surface area contributed by atoms with Gasteiger partial charge in [0.25, 0.3) is 0 Å². The fourth-order valence-corrected chi connectivity index (χ4v) is 9.60. The van der Waals surface area contributed by atoms with Crippen LogP contribution in [-0.2, 0) is 9.53 Å². The number of esters is 1. The molecule has 0 amide bonds. The molecular formula is C29H50O6. The van der Waals surface area contributed by atoms with Gasteiger partial charge in [0.15, 0.2) is 0 Å². The van der Waals surface area contributed by atoms with Gasteiger partial charge in [-0.1, -0.05) is 48.0 Å². The first-order valence-electron chi connectivity index (χ1n) is 14.3. The van der Waals surface area contributed by atoms with E-state index in [2.05, 4.69) is 41.5 Å². The minimum absolute atomic E-state index is 0.00679. The topological polar surface area (TPSA) is 107 Å². The van der Waals surface area contributed by atoms with Crippen molar-refractivity contribution in [3.63, 3.8) is 0 Å². The highest BCUT2D eigenvalue weighted by Crippen LogP contribution is 2.66. The fraction of sp³-hybridized carbons (Fsp3) is 0.966. The van der Waals surface area contributed by atoms with E-state index in [9.17, 15) is 25.2 Å². The van der Waals surface area contributed by atoms with Gasteiger partial charge < -0.3 is 25.2 Å². The molecule has 1 aliphatic heterocycles. The molecule has 202 valence electrons. The maximum absolute atomic E-state index is 13.0. The van der Waals surface area contributed by atoms with E-state index in [-0.39, 0.29) is 52.8 Å². The largest absolute Gasteiger partial charge is 0.465 e. The van der Waals surface area contributed by atoms with Gasteiger partial charge in [0.05, 0.1) is 36.9 Å². The molecule has 3 saturated carbocycles. The highest BCUT2D eigenvalue weighted by Gasteiger charge is 2.63. The normalized spacial score (nSPS) is 47.1. The number of fused-ring (bicyclic) bond motifs is 5. The van der Waals surface area contributed by atoms with Crippen molar-refractivity contribution in [2.24, 2.45) is 58.2 Å². The number of hydrogen-bond donors (Lipinski definition) is 4. The van der Waals surface area contributed by atoms with Crippen molar-refractivity contribution in [1.82, 2.24) is 0 Å². The fourth-order valence-electron chi connectivity index (χ4n) is 9.60. The molecule has 4 N–H and O–H groups in total. The van der Waals surface area contributed by atoms with Crippen LogP contribution in [0.3, 0.4) is 0 Å². The molecule has 4 rings (SSSR count). The van der Waals surface area contributed by atoms with Crippen LogP contribution >= 0.6 is 0 Å². The summed E-state index contributed by atoms with van der Waals surface area (Å²) in [5, 5.41) is 43.2. The number of rotatable bonds is 6. The van der Waals surface area contributed by atoms with Crippen molar-refractivity contribution in [3.05, 3.63) is 0 Å². The van der Waals surface area contributed by atoms with Gasteiger partial charge in [-0.25, -0.2) is 0 Å². The molecule has 1 heterocycles. The van der Waals surface area contributed by atoms with Crippen molar-refractivity contribution in [1.29, 1.82) is 0 Å². The van der Waals surface area contributed by atoms with E-state index < -0.39 is 24.4 Å². The van der Waals surface area contributed by atoms with E-state index in [4.69, 9.17) is 4.74 Å². The lowest BCUT2D eigenvalue weighted by Crippen LogP contribution is -2.55. The summed E-state index contributed by atoms with van der Waals surface area (Å²) >= 11 is 0. The Morgan fingerprint density at radius 2 is 1.63 bits per heavy atom. The molecule has 0 aromatic rings. The molecule has 4 aliphatic rings. The van der Waals surface area contributed by atoms with Gasteiger partial charge in [-0.05, 0) is 90.8 Å². The van der Waals surface area contributed by atoms with Gasteiger partial charge in [-0.15, -0.1) is 0 Å². The summed E-state index contributed by atoms with van der Waals surface area (Å²) in [7, 11) is 0. The van der Waals surface area contributed by atoms with E-state index in [1.54, 1.807) is 0 Å². The molecule has 0 aromatic carbocycles. The second-order valence-corrected chi connectivity index (χ2v) is 13.5. The molecule has 6 nitrogen and oxygen atoms in total. The predicted molar refractivity (Wildman–Crippen MR) is 134 cm³/mol. The Kier molecular flexibility index (Phi) is 7.72. The summed E-state index contributed by atoms with van der Waals surface area (Å²) in [6.45, 7) is 13.4. The predicted octanol–water partition coefficient (Wildman–Crippen LogP) is 3.78. The van der Waals surface area contributed by atoms with Gasteiger partial charge in [0.1, 0.15) is 0 Å². The molecule has 13 atom stereocenters. The van der Waals surface area contributed by atoms with Crippen LogP contribution in [0.15, 0.2) is 0 Å². The van der Waals surface area contributed by atoms with E-state index >= 15 is 0 Å². The van der Waals surface area contributed by atoms with Gasteiger partial charge >= 0.3 is 5.97 Å². The molecule has 0 spiro atoms. The van der Waals surface area contributed by atoms with Crippen molar-refractivity contribution in [2.45, 2.75) is 111 Å². The van der Waals surface area contributed by atoms with Gasteiger partial charge in [-0.2, -0.15) is 0 Å². The molecule has 0 aromatic heterocycles.